The van der Waals surface area contributed by atoms with Crippen LogP contribution in [0.2, 0.25) is 4.34 Å². The fourth-order valence-corrected chi connectivity index (χ4v) is 3.46. The molecule has 3 N–H and O–H groups in total. The molecule has 8 heteroatoms. The van der Waals surface area contributed by atoms with Gasteiger partial charge in [-0.15, -0.1) is 11.3 Å². The number of halogens is 1. The molecule has 0 bridgehead atoms. The van der Waals surface area contributed by atoms with E-state index in [1.807, 2.05) is 6.92 Å². The SMILES string of the molecule is Cc1nc(CCNC(=O)[C@H]2CCCN(C(N)=O)C2)sc1Cl. The second-order valence-electron chi connectivity index (χ2n) is 5.13. The Balaban J connectivity index is 1.77. The number of aromatic nitrogens is 1. The number of nitrogens with one attached hydrogen (secondary N) is 1. The van der Waals surface area contributed by atoms with Crippen molar-refractivity contribution in [2.24, 2.45) is 11.7 Å². The van der Waals surface area contributed by atoms with Gasteiger partial charge >= 0.3 is 6.03 Å². The quantitative estimate of drug-likeness (QED) is 0.878. The summed E-state index contributed by atoms with van der Waals surface area (Å²) < 4.78 is 0.695. The smallest absolute Gasteiger partial charge is 0.314 e. The number of carbonyl (C=O) groups excluding carboxylic acids is 2. The first-order chi connectivity index (χ1) is 9.97. The molecule has 6 nitrogen and oxygen atoms in total. The van der Waals surface area contributed by atoms with Crippen molar-refractivity contribution < 1.29 is 9.59 Å². The van der Waals surface area contributed by atoms with Crippen molar-refractivity contribution >= 4 is 34.9 Å². The first-order valence-electron chi connectivity index (χ1n) is 6.91. The Labute approximate surface area is 132 Å². The van der Waals surface area contributed by atoms with Crippen LogP contribution in [0.1, 0.15) is 23.5 Å². The van der Waals surface area contributed by atoms with Crippen molar-refractivity contribution in [3.63, 3.8) is 0 Å². The third-order valence-corrected chi connectivity index (χ3v) is 5.04. The summed E-state index contributed by atoms with van der Waals surface area (Å²) in [5.41, 5.74) is 6.08. The van der Waals surface area contributed by atoms with Crippen molar-refractivity contribution in [3.05, 3.63) is 15.0 Å². The number of aryl methyl sites for hydroxylation is 1. The van der Waals surface area contributed by atoms with Gasteiger partial charge in [0.2, 0.25) is 5.91 Å². The van der Waals surface area contributed by atoms with Crippen LogP contribution in [0.25, 0.3) is 0 Å². The summed E-state index contributed by atoms with van der Waals surface area (Å²) in [6.45, 7) is 3.43. The molecule has 0 aliphatic carbocycles. The number of amides is 3. The van der Waals surface area contributed by atoms with Crippen LogP contribution in [0.3, 0.4) is 0 Å². The molecule has 1 fully saturated rings. The van der Waals surface area contributed by atoms with Gasteiger partial charge in [-0.25, -0.2) is 9.78 Å². The lowest BCUT2D eigenvalue weighted by molar-refractivity contribution is -0.126. The lowest BCUT2D eigenvalue weighted by atomic mass is 9.97. The summed E-state index contributed by atoms with van der Waals surface area (Å²) in [6, 6.07) is -0.458. The van der Waals surface area contributed by atoms with E-state index in [1.54, 1.807) is 0 Å². The lowest BCUT2D eigenvalue weighted by Gasteiger charge is -2.30. The predicted molar refractivity (Wildman–Crippen MR) is 82.5 cm³/mol. The maximum atomic E-state index is 12.1. The van der Waals surface area contributed by atoms with E-state index in [9.17, 15) is 9.59 Å². The Hall–Kier alpha value is -1.34. The van der Waals surface area contributed by atoms with Crippen LogP contribution in [0.15, 0.2) is 0 Å². The van der Waals surface area contributed by atoms with E-state index < -0.39 is 6.03 Å². The van der Waals surface area contributed by atoms with Crippen molar-refractivity contribution in [1.29, 1.82) is 0 Å². The molecule has 1 aliphatic rings. The molecule has 0 spiro atoms. The molecule has 0 unspecified atom stereocenters. The van der Waals surface area contributed by atoms with Crippen LogP contribution in [0, 0.1) is 12.8 Å². The van der Waals surface area contributed by atoms with Crippen molar-refractivity contribution in [2.75, 3.05) is 19.6 Å². The monoisotopic (exact) mass is 330 g/mol. The molecule has 0 aromatic carbocycles. The molecule has 3 amide bonds. The maximum absolute atomic E-state index is 12.1. The van der Waals surface area contributed by atoms with Gasteiger partial charge in [0, 0.05) is 26.1 Å². The maximum Gasteiger partial charge on any atom is 0.314 e. The Morgan fingerprint density at radius 1 is 1.57 bits per heavy atom. The third kappa shape index (κ3) is 4.31. The van der Waals surface area contributed by atoms with Crippen molar-refractivity contribution in [1.82, 2.24) is 15.2 Å². The number of nitrogens with two attached hydrogens (primary N) is 1. The van der Waals surface area contributed by atoms with E-state index in [4.69, 9.17) is 17.3 Å². The van der Waals surface area contributed by atoms with E-state index in [2.05, 4.69) is 10.3 Å². The Morgan fingerprint density at radius 2 is 2.33 bits per heavy atom. The molecule has 1 saturated heterocycles. The van der Waals surface area contributed by atoms with Gasteiger partial charge in [0.05, 0.1) is 16.6 Å². The Morgan fingerprint density at radius 3 is 2.95 bits per heavy atom. The number of likely N-dealkylation sites (tertiary alicyclic amines) is 1. The predicted octanol–water partition coefficient (Wildman–Crippen LogP) is 1.55. The van der Waals surface area contributed by atoms with E-state index in [-0.39, 0.29) is 11.8 Å². The van der Waals surface area contributed by atoms with Gasteiger partial charge in [-0.3, -0.25) is 4.79 Å². The summed E-state index contributed by atoms with van der Waals surface area (Å²) in [7, 11) is 0. The first kappa shape index (κ1) is 16.0. The summed E-state index contributed by atoms with van der Waals surface area (Å²) in [5.74, 6) is -0.201. The number of primary amides is 1. The molecule has 0 saturated carbocycles. The van der Waals surface area contributed by atoms with E-state index in [0.717, 1.165) is 23.5 Å². The zero-order valence-corrected chi connectivity index (χ0v) is 13.5. The van der Waals surface area contributed by atoms with Gasteiger partial charge < -0.3 is 16.0 Å². The van der Waals surface area contributed by atoms with Crippen LogP contribution in [-0.4, -0.2) is 41.5 Å². The Kier molecular flexibility index (Phi) is 5.41. The van der Waals surface area contributed by atoms with Crippen LogP contribution in [0.5, 0.6) is 0 Å². The van der Waals surface area contributed by atoms with Gasteiger partial charge in [-0.05, 0) is 19.8 Å². The largest absolute Gasteiger partial charge is 0.355 e. The van der Waals surface area contributed by atoms with Gasteiger partial charge in [-0.1, -0.05) is 11.6 Å². The van der Waals surface area contributed by atoms with E-state index in [0.29, 0.717) is 30.4 Å². The number of hydrogen-bond acceptors (Lipinski definition) is 4. The molecular formula is C13H19ClN4O2S. The number of rotatable bonds is 4. The van der Waals surface area contributed by atoms with Crippen molar-refractivity contribution in [3.8, 4) is 0 Å². The fourth-order valence-electron chi connectivity index (χ4n) is 2.37. The van der Waals surface area contributed by atoms with E-state index >= 15 is 0 Å². The molecule has 0 radical (unpaired) electrons. The van der Waals surface area contributed by atoms with Crippen LogP contribution in [0.4, 0.5) is 4.79 Å². The Bertz CT molecular complexity index is 515. The molecule has 2 heterocycles. The highest BCUT2D eigenvalue weighted by Gasteiger charge is 2.27. The normalized spacial score (nSPS) is 18.6. The minimum absolute atomic E-state index is 0.0275. The third-order valence-electron chi connectivity index (χ3n) is 3.53. The summed E-state index contributed by atoms with van der Waals surface area (Å²) >= 11 is 7.40. The zero-order valence-electron chi connectivity index (χ0n) is 11.9. The van der Waals surface area contributed by atoms with Gasteiger partial charge in [0.25, 0.3) is 0 Å². The first-order valence-corrected chi connectivity index (χ1v) is 8.10. The highest BCUT2D eigenvalue weighted by Crippen LogP contribution is 2.23. The summed E-state index contributed by atoms with van der Waals surface area (Å²) in [5, 5.41) is 3.81. The van der Waals surface area contributed by atoms with Crippen LogP contribution in [-0.2, 0) is 11.2 Å². The number of thiazole rings is 1. The van der Waals surface area contributed by atoms with Crippen LogP contribution < -0.4 is 11.1 Å². The average Bonchev–Trinajstić information content (AvgIpc) is 2.77. The molecule has 1 aromatic heterocycles. The van der Waals surface area contributed by atoms with Crippen LogP contribution >= 0.6 is 22.9 Å². The average molecular weight is 331 g/mol. The van der Waals surface area contributed by atoms with Gasteiger partial charge in [0.1, 0.15) is 4.34 Å². The minimum Gasteiger partial charge on any atom is -0.355 e. The van der Waals surface area contributed by atoms with Gasteiger partial charge in [0.15, 0.2) is 0 Å². The molecule has 21 heavy (non-hydrogen) atoms. The van der Waals surface area contributed by atoms with E-state index in [1.165, 1.54) is 16.2 Å². The highest BCUT2D eigenvalue weighted by atomic mass is 35.5. The molecule has 116 valence electrons. The summed E-state index contributed by atoms with van der Waals surface area (Å²) in [4.78, 5) is 29.1. The molecule has 1 aliphatic heterocycles. The number of piperidine rings is 1. The highest BCUT2D eigenvalue weighted by molar-refractivity contribution is 7.16. The van der Waals surface area contributed by atoms with Gasteiger partial charge in [-0.2, -0.15) is 0 Å². The van der Waals surface area contributed by atoms with Crippen molar-refractivity contribution in [2.45, 2.75) is 26.2 Å². The number of carbonyl (C=O) groups is 2. The minimum atomic E-state index is -0.458. The number of urea groups is 1. The molecule has 1 atom stereocenters. The lowest BCUT2D eigenvalue weighted by Crippen LogP contribution is -2.47. The summed E-state index contributed by atoms with van der Waals surface area (Å²) in [6.07, 6.45) is 2.26. The molecular weight excluding hydrogens is 312 g/mol. The molecule has 1 aromatic rings. The standard InChI is InChI=1S/C13H19ClN4O2S/c1-8-11(14)21-10(17-8)4-5-16-12(19)9-3-2-6-18(7-9)13(15)20/h9H,2-7H2,1H3,(H2,15,20)(H,16,19)/t9-/m0/s1. The zero-order chi connectivity index (χ0) is 15.4. The number of hydrogen-bond donors (Lipinski definition) is 2. The second-order valence-corrected chi connectivity index (χ2v) is 6.82. The topological polar surface area (TPSA) is 88.3 Å². The molecule has 2 rings (SSSR count). The number of nitrogens with zero attached hydrogens (tertiary/aromatic N) is 2. The second kappa shape index (κ2) is 7.09. The fraction of sp³-hybridized carbons (Fsp3) is 0.615.